The van der Waals surface area contributed by atoms with Crippen LogP contribution in [-0.4, -0.2) is 40.1 Å². The Morgan fingerprint density at radius 1 is 0.767 bits per heavy atom. The van der Waals surface area contributed by atoms with Crippen molar-refractivity contribution in [3.8, 4) is 17.2 Å². The zero-order valence-corrected chi connectivity index (χ0v) is 18.7. The molecule has 0 atom stereocenters. The normalized spacial score (nSPS) is 10.9. The summed E-state index contributed by atoms with van der Waals surface area (Å²) in [6, 6.07) is 10.8. The van der Waals surface area contributed by atoms with E-state index in [0.29, 0.717) is 28.6 Å². The number of methoxy groups -OCH3 is 2. The van der Waals surface area contributed by atoms with E-state index < -0.39 is 0 Å². The number of hydrogen-bond acceptors (Lipinski definition) is 7. The van der Waals surface area contributed by atoms with Gasteiger partial charge < -0.3 is 35.4 Å². The van der Waals surface area contributed by atoms with Crippen LogP contribution in [0.4, 0.5) is 0 Å². The van der Waals surface area contributed by atoms with Crippen LogP contribution >= 0.6 is 24.8 Å². The van der Waals surface area contributed by atoms with Gasteiger partial charge in [-0.2, -0.15) is 0 Å². The standard InChI is InChI=1S/C19H24N4O5.2ClH/c1-24-15-9-14(19(21)23-27-4)10-16(25-2)17(15)28-11-12-5-7-13(8-6-12)18(20)22-26-3;;/h5-10H,11H2,1-4H3,(H2,20,22)(H2,21,23);2*1H. The molecule has 11 heteroatoms. The summed E-state index contributed by atoms with van der Waals surface area (Å²) in [6.45, 7) is 0.287. The summed E-state index contributed by atoms with van der Waals surface area (Å²) in [5, 5.41) is 7.42. The Balaban J connectivity index is 0.00000420. The van der Waals surface area contributed by atoms with Gasteiger partial charge in [0, 0.05) is 11.1 Å². The maximum Gasteiger partial charge on any atom is 0.203 e. The minimum atomic E-state index is 0. The fourth-order valence-electron chi connectivity index (χ4n) is 2.40. The highest BCUT2D eigenvalue weighted by molar-refractivity contribution is 5.98. The maximum absolute atomic E-state index is 5.93. The fourth-order valence-corrected chi connectivity index (χ4v) is 2.40. The molecular weight excluding hydrogens is 435 g/mol. The predicted octanol–water partition coefficient (Wildman–Crippen LogP) is 2.66. The number of hydrogen-bond donors (Lipinski definition) is 2. The van der Waals surface area contributed by atoms with Gasteiger partial charge in [-0.15, -0.1) is 24.8 Å². The average molecular weight is 461 g/mol. The molecule has 0 amide bonds. The molecule has 0 fully saturated rings. The predicted molar refractivity (Wildman–Crippen MR) is 120 cm³/mol. The first-order valence-electron chi connectivity index (χ1n) is 8.25. The lowest BCUT2D eigenvalue weighted by atomic mass is 10.1. The van der Waals surface area contributed by atoms with Gasteiger partial charge in [0.25, 0.3) is 0 Å². The lowest BCUT2D eigenvalue weighted by Gasteiger charge is -2.16. The number of amidine groups is 2. The van der Waals surface area contributed by atoms with Crippen molar-refractivity contribution in [3.05, 3.63) is 53.1 Å². The summed E-state index contributed by atoms with van der Waals surface area (Å²) in [4.78, 5) is 9.38. The maximum atomic E-state index is 5.93. The average Bonchev–Trinajstić information content (AvgIpc) is 2.72. The Bertz CT molecular complexity index is 835. The summed E-state index contributed by atoms with van der Waals surface area (Å²) in [5.41, 5.74) is 13.9. The number of halogens is 2. The molecule has 0 aliphatic carbocycles. The molecule has 2 aromatic rings. The van der Waals surface area contributed by atoms with E-state index in [1.165, 1.54) is 28.4 Å². The molecule has 0 heterocycles. The molecule has 2 aromatic carbocycles. The third-order valence-corrected chi connectivity index (χ3v) is 3.77. The molecule has 0 unspecified atom stereocenters. The summed E-state index contributed by atoms with van der Waals surface area (Å²) >= 11 is 0. The minimum Gasteiger partial charge on any atom is -0.493 e. The number of ether oxygens (including phenoxy) is 3. The Hall–Kier alpha value is -3.04. The number of nitrogens with two attached hydrogens (primary N) is 2. The van der Waals surface area contributed by atoms with Crippen molar-refractivity contribution >= 4 is 36.5 Å². The van der Waals surface area contributed by atoms with Crippen molar-refractivity contribution in [3.63, 3.8) is 0 Å². The second kappa shape index (κ2) is 13.2. The van der Waals surface area contributed by atoms with Gasteiger partial charge in [0.15, 0.2) is 23.2 Å². The van der Waals surface area contributed by atoms with Crippen molar-refractivity contribution in [2.75, 3.05) is 28.4 Å². The van der Waals surface area contributed by atoms with Crippen LogP contribution in [0.3, 0.4) is 0 Å². The van der Waals surface area contributed by atoms with Gasteiger partial charge in [0.2, 0.25) is 5.75 Å². The first kappa shape index (κ1) is 27.0. The van der Waals surface area contributed by atoms with Crippen molar-refractivity contribution in [1.82, 2.24) is 0 Å². The monoisotopic (exact) mass is 460 g/mol. The third-order valence-electron chi connectivity index (χ3n) is 3.77. The molecule has 0 aromatic heterocycles. The summed E-state index contributed by atoms with van der Waals surface area (Å²) < 4.78 is 16.8. The van der Waals surface area contributed by atoms with E-state index in [1.807, 2.05) is 24.3 Å². The zero-order chi connectivity index (χ0) is 20.5. The van der Waals surface area contributed by atoms with Gasteiger partial charge in [-0.05, 0) is 17.7 Å². The zero-order valence-electron chi connectivity index (χ0n) is 17.1. The smallest absolute Gasteiger partial charge is 0.203 e. The molecule has 166 valence electrons. The van der Waals surface area contributed by atoms with Crippen LogP contribution in [-0.2, 0) is 16.3 Å². The van der Waals surface area contributed by atoms with E-state index in [4.69, 9.17) is 30.5 Å². The molecule has 0 spiro atoms. The van der Waals surface area contributed by atoms with Crippen LogP contribution in [0.25, 0.3) is 0 Å². The van der Waals surface area contributed by atoms with Crippen LogP contribution in [0.5, 0.6) is 17.2 Å². The molecular formula is C19H26Cl2N4O5. The molecule has 2 rings (SSSR count). The van der Waals surface area contributed by atoms with E-state index in [-0.39, 0.29) is 37.3 Å². The highest BCUT2D eigenvalue weighted by Gasteiger charge is 2.16. The van der Waals surface area contributed by atoms with Gasteiger partial charge in [-0.1, -0.05) is 34.6 Å². The molecule has 30 heavy (non-hydrogen) atoms. The molecule has 0 aliphatic heterocycles. The van der Waals surface area contributed by atoms with Gasteiger partial charge in [0.1, 0.15) is 20.8 Å². The summed E-state index contributed by atoms with van der Waals surface area (Å²) in [7, 11) is 5.91. The Morgan fingerprint density at radius 3 is 1.67 bits per heavy atom. The number of nitrogens with zero attached hydrogens (tertiary/aromatic N) is 2. The third kappa shape index (κ3) is 6.78. The minimum absolute atomic E-state index is 0. The van der Waals surface area contributed by atoms with Crippen LogP contribution in [0.2, 0.25) is 0 Å². The SMILES string of the molecule is CO/N=C(\N)c1ccc(COc2c(OC)cc(/C(N)=N/OC)cc2OC)cc1.Cl.Cl. The second-order valence-corrected chi connectivity index (χ2v) is 5.51. The topological polar surface area (TPSA) is 123 Å². The lowest BCUT2D eigenvalue weighted by molar-refractivity contribution is 0.213. The van der Waals surface area contributed by atoms with Crippen LogP contribution < -0.4 is 25.7 Å². The first-order valence-corrected chi connectivity index (χ1v) is 8.25. The lowest BCUT2D eigenvalue weighted by Crippen LogP contribution is -2.14. The number of benzene rings is 2. The highest BCUT2D eigenvalue weighted by atomic mass is 35.5. The summed E-state index contributed by atoms with van der Waals surface area (Å²) in [5.74, 6) is 1.85. The van der Waals surface area contributed by atoms with Crippen LogP contribution in [0.1, 0.15) is 16.7 Å². The molecule has 4 N–H and O–H groups in total. The van der Waals surface area contributed by atoms with E-state index in [0.717, 1.165) is 11.1 Å². The Kier molecular flexibility index (Phi) is 11.9. The van der Waals surface area contributed by atoms with Gasteiger partial charge in [0.05, 0.1) is 14.2 Å². The first-order chi connectivity index (χ1) is 13.5. The molecule has 0 radical (unpaired) electrons. The van der Waals surface area contributed by atoms with Crippen LogP contribution in [0.15, 0.2) is 46.7 Å². The Labute approximate surface area is 187 Å². The van der Waals surface area contributed by atoms with E-state index in [9.17, 15) is 0 Å². The van der Waals surface area contributed by atoms with Gasteiger partial charge in [-0.25, -0.2) is 0 Å². The van der Waals surface area contributed by atoms with Crippen molar-refractivity contribution in [1.29, 1.82) is 0 Å². The molecule has 0 aliphatic rings. The van der Waals surface area contributed by atoms with E-state index in [2.05, 4.69) is 15.1 Å². The number of oxime groups is 2. The highest BCUT2D eigenvalue weighted by Crippen LogP contribution is 2.39. The van der Waals surface area contributed by atoms with E-state index in [1.54, 1.807) is 12.1 Å². The largest absolute Gasteiger partial charge is 0.493 e. The quantitative estimate of drug-likeness (QED) is 0.334. The molecule has 0 saturated carbocycles. The second-order valence-electron chi connectivity index (χ2n) is 5.51. The van der Waals surface area contributed by atoms with Crippen molar-refractivity contribution in [2.24, 2.45) is 21.8 Å². The van der Waals surface area contributed by atoms with Gasteiger partial charge >= 0.3 is 0 Å². The summed E-state index contributed by atoms with van der Waals surface area (Å²) in [6.07, 6.45) is 0. The van der Waals surface area contributed by atoms with Crippen molar-refractivity contribution in [2.45, 2.75) is 6.61 Å². The fraction of sp³-hybridized carbons (Fsp3) is 0.263. The molecule has 9 nitrogen and oxygen atoms in total. The van der Waals surface area contributed by atoms with Crippen LogP contribution in [0, 0.1) is 0 Å². The van der Waals surface area contributed by atoms with Crippen molar-refractivity contribution < 1.29 is 23.9 Å². The van der Waals surface area contributed by atoms with Gasteiger partial charge in [-0.3, -0.25) is 0 Å². The molecule has 0 saturated heterocycles. The van der Waals surface area contributed by atoms with E-state index >= 15 is 0 Å². The molecule has 0 bridgehead atoms. The number of rotatable bonds is 9. The Morgan fingerprint density at radius 2 is 1.23 bits per heavy atom.